The third-order valence-electron chi connectivity index (χ3n) is 3.02. The second-order valence-corrected chi connectivity index (χ2v) is 5.39. The van der Waals surface area contributed by atoms with Crippen molar-refractivity contribution in [2.75, 3.05) is 21.3 Å². The minimum Gasteiger partial charge on any atom is -0.493 e. The number of methoxy groups -OCH3 is 3. The Hall–Kier alpha value is -2.28. The summed E-state index contributed by atoms with van der Waals surface area (Å²) in [5.74, 6) is 0.981. The molecular formula is C15H18N2O4S. The van der Waals surface area contributed by atoms with Gasteiger partial charge in [0, 0.05) is 11.1 Å². The van der Waals surface area contributed by atoms with Crippen LogP contribution in [-0.2, 0) is 6.54 Å². The van der Waals surface area contributed by atoms with Crippen molar-refractivity contribution < 1.29 is 19.0 Å². The molecule has 0 atom stereocenters. The maximum Gasteiger partial charge on any atom is 0.255 e. The number of ether oxygens (including phenoxy) is 3. The van der Waals surface area contributed by atoms with E-state index in [-0.39, 0.29) is 5.91 Å². The van der Waals surface area contributed by atoms with Crippen LogP contribution in [0.5, 0.6) is 17.2 Å². The molecule has 0 saturated heterocycles. The Morgan fingerprint density at radius 3 is 2.45 bits per heavy atom. The van der Waals surface area contributed by atoms with Gasteiger partial charge in [-0.3, -0.25) is 4.79 Å². The number of aromatic nitrogens is 1. The van der Waals surface area contributed by atoms with Crippen LogP contribution in [0.3, 0.4) is 0 Å². The van der Waals surface area contributed by atoms with Gasteiger partial charge in [0.2, 0.25) is 5.75 Å². The first-order valence-corrected chi connectivity index (χ1v) is 7.46. The number of aryl methyl sites for hydroxylation is 1. The first-order valence-electron chi connectivity index (χ1n) is 6.58. The molecule has 1 N–H and O–H groups in total. The molecule has 7 heteroatoms. The number of thiazole rings is 1. The summed E-state index contributed by atoms with van der Waals surface area (Å²) in [7, 11) is 4.51. The second kappa shape index (κ2) is 7.13. The van der Waals surface area contributed by atoms with E-state index in [4.69, 9.17) is 14.2 Å². The number of carbonyl (C=O) groups excluding carboxylic acids is 1. The van der Waals surface area contributed by atoms with E-state index in [1.54, 1.807) is 12.1 Å². The lowest BCUT2D eigenvalue weighted by molar-refractivity contribution is 0.0947. The standard InChI is InChI=1S/C15H18N2O4S/c1-9-8-22-12(17-9)7-16-15(18)10-5-6-11(19-2)14(21-4)13(10)20-3/h5-6,8H,7H2,1-4H3,(H,16,18). The predicted molar refractivity (Wildman–Crippen MR) is 84.1 cm³/mol. The van der Waals surface area contributed by atoms with Crippen LogP contribution in [0.15, 0.2) is 17.5 Å². The van der Waals surface area contributed by atoms with E-state index >= 15 is 0 Å². The summed E-state index contributed by atoms with van der Waals surface area (Å²) in [6.45, 7) is 2.29. The van der Waals surface area contributed by atoms with Gasteiger partial charge in [-0.05, 0) is 19.1 Å². The molecule has 1 aromatic heterocycles. The molecule has 0 spiro atoms. The third kappa shape index (κ3) is 3.30. The van der Waals surface area contributed by atoms with Crippen LogP contribution in [0.25, 0.3) is 0 Å². The minimum atomic E-state index is -0.259. The first kappa shape index (κ1) is 16.1. The third-order valence-corrected chi connectivity index (χ3v) is 3.98. The molecule has 6 nitrogen and oxygen atoms in total. The monoisotopic (exact) mass is 322 g/mol. The van der Waals surface area contributed by atoms with Gasteiger partial charge in [-0.2, -0.15) is 0 Å². The lowest BCUT2D eigenvalue weighted by atomic mass is 10.1. The van der Waals surface area contributed by atoms with Crippen molar-refractivity contribution in [1.29, 1.82) is 0 Å². The number of amides is 1. The van der Waals surface area contributed by atoms with Crippen molar-refractivity contribution in [1.82, 2.24) is 10.3 Å². The van der Waals surface area contributed by atoms with E-state index in [0.29, 0.717) is 29.4 Å². The molecule has 2 rings (SSSR count). The van der Waals surface area contributed by atoms with Gasteiger partial charge in [-0.1, -0.05) is 0 Å². The van der Waals surface area contributed by atoms with E-state index in [2.05, 4.69) is 10.3 Å². The van der Waals surface area contributed by atoms with Crippen molar-refractivity contribution >= 4 is 17.2 Å². The normalized spacial score (nSPS) is 10.2. The summed E-state index contributed by atoms with van der Waals surface area (Å²) in [5.41, 5.74) is 1.33. The van der Waals surface area contributed by atoms with Gasteiger partial charge in [0.1, 0.15) is 5.01 Å². The lowest BCUT2D eigenvalue weighted by Crippen LogP contribution is -2.23. The Morgan fingerprint density at radius 1 is 1.18 bits per heavy atom. The largest absolute Gasteiger partial charge is 0.493 e. The van der Waals surface area contributed by atoms with Crippen molar-refractivity contribution in [3.05, 3.63) is 33.8 Å². The highest BCUT2D eigenvalue weighted by atomic mass is 32.1. The fourth-order valence-corrected chi connectivity index (χ4v) is 2.73. The van der Waals surface area contributed by atoms with Gasteiger partial charge >= 0.3 is 0 Å². The Balaban J connectivity index is 2.21. The Morgan fingerprint density at radius 2 is 1.91 bits per heavy atom. The molecule has 1 aromatic carbocycles. The fraction of sp³-hybridized carbons (Fsp3) is 0.333. The maximum atomic E-state index is 12.4. The zero-order valence-corrected chi connectivity index (χ0v) is 13.7. The number of carbonyl (C=O) groups is 1. The average molecular weight is 322 g/mol. The molecule has 1 amide bonds. The SMILES string of the molecule is COc1ccc(C(=O)NCc2nc(C)cs2)c(OC)c1OC. The number of hydrogen-bond donors (Lipinski definition) is 1. The summed E-state index contributed by atoms with van der Waals surface area (Å²) in [6.07, 6.45) is 0. The zero-order chi connectivity index (χ0) is 16.1. The van der Waals surface area contributed by atoms with E-state index in [9.17, 15) is 4.79 Å². The number of rotatable bonds is 6. The van der Waals surface area contributed by atoms with Gasteiger partial charge in [-0.25, -0.2) is 4.98 Å². The van der Waals surface area contributed by atoms with Crippen LogP contribution in [0.4, 0.5) is 0 Å². The number of nitrogens with zero attached hydrogens (tertiary/aromatic N) is 1. The number of benzene rings is 1. The molecule has 118 valence electrons. The molecule has 0 aliphatic rings. The van der Waals surface area contributed by atoms with Crippen molar-refractivity contribution in [3.63, 3.8) is 0 Å². The molecular weight excluding hydrogens is 304 g/mol. The van der Waals surface area contributed by atoms with E-state index in [1.165, 1.54) is 32.7 Å². The van der Waals surface area contributed by atoms with Crippen LogP contribution in [0.1, 0.15) is 21.1 Å². The topological polar surface area (TPSA) is 69.7 Å². The van der Waals surface area contributed by atoms with Crippen LogP contribution < -0.4 is 19.5 Å². The zero-order valence-electron chi connectivity index (χ0n) is 12.9. The van der Waals surface area contributed by atoms with Gasteiger partial charge < -0.3 is 19.5 Å². The predicted octanol–water partition coefficient (Wildman–Crippen LogP) is 2.41. The highest BCUT2D eigenvalue weighted by molar-refractivity contribution is 7.09. The fourth-order valence-electron chi connectivity index (χ4n) is 2.02. The molecule has 0 fully saturated rings. The van der Waals surface area contributed by atoms with E-state index in [0.717, 1.165) is 10.7 Å². The molecule has 0 aliphatic carbocycles. The summed E-state index contributed by atoms with van der Waals surface area (Å²) >= 11 is 1.51. The molecule has 0 radical (unpaired) electrons. The van der Waals surface area contributed by atoms with Crippen molar-refractivity contribution in [3.8, 4) is 17.2 Å². The van der Waals surface area contributed by atoms with E-state index in [1.807, 2.05) is 12.3 Å². The van der Waals surface area contributed by atoms with E-state index < -0.39 is 0 Å². The minimum absolute atomic E-state index is 0.259. The van der Waals surface area contributed by atoms with Gasteiger partial charge in [0.15, 0.2) is 11.5 Å². The Labute approximate surface area is 133 Å². The first-order chi connectivity index (χ1) is 10.6. The summed E-state index contributed by atoms with van der Waals surface area (Å²) in [6, 6.07) is 3.31. The highest BCUT2D eigenvalue weighted by Gasteiger charge is 2.20. The summed E-state index contributed by atoms with van der Waals surface area (Å²) < 4.78 is 15.8. The molecule has 0 unspecified atom stereocenters. The molecule has 0 bridgehead atoms. The molecule has 0 saturated carbocycles. The average Bonchev–Trinajstić information content (AvgIpc) is 2.96. The van der Waals surface area contributed by atoms with Gasteiger partial charge in [-0.15, -0.1) is 11.3 Å². The van der Waals surface area contributed by atoms with Gasteiger partial charge in [0.25, 0.3) is 5.91 Å². The lowest BCUT2D eigenvalue weighted by Gasteiger charge is -2.15. The smallest absolute Gasteiger partial charge is 0.255 e. The van der Waals surface area contributed by atoms with Crippen LogP contribution in [0, 0.1) is 6.92 Å². The second-order valence-electron chi connectivity index (χ2n) is 4.45. The van der Waals surface area contributed by atoms with Crippen LogP contribution in [-0.4, -0.2) is 32.2 Å². The quantitative estimate of drug-likeness (QED) is 0.884. The Bertz CT molecular complexity index is 670. The highest BCUT2D eigenvalue weighted by Crippen LogP contribution is 2.39. The molecule has 22 heavy (non-hydrogen) atoms. The van der Waals surface area contributed by atoms with Crippen LogP contribution >= 0.6 is 11.3 Å². The Kier molecular flexibility index (Phi) is 5.21. The van der Waals surface area contributed by atoms with Crippen molar-refractivity contribution in [2.45, 2.75) is 13.5 Å². The van der Waals surface area contributed by atoms with Gasteiger partial charge in [0.05, 0.1) is 33.4 Å². The number of hydrogen-bond acceptors (Lipinski definition) is 6. The summed E-state index contributed by atoms with van der Waals surface area (Å²) in [4.78, 5) is 16.7. The number of nitrogens with one attached hydrogen (secondary N) is 1. The van der Waals surface area contributed by atoms with Crippen LogP contribution in [0.2, 0.25) is 0 Å². The molecule has 1 heterocycles. The maximum absolute atomic E-state index is 12.4. The van der Waals surface area contributed by atoms with Crippen molar-refractivity contribution in [2.24, 2.45) is 0 Å². The molecule has 2 aromatic rings. The summed E-state index contributed by atoms with van der Waals surface area (Å²) in [5, 5.41) is 5.62. The molecule has 0 aliphatic heterocycles.